The Morgan fingerprint density at radius 3 is 2.43 bits per heavy atom. The van der Waals surface area contributed by atoms with Gasteiger partial charge in [-0.1, -0.05) is 53.9 Å². The number of carbonyl (C=O) groups is 1. The highest BCUT2D eigenvalue weighted by molar-refractivity contribution is 6.30. The van der Waals surface area contributed by atoms with Gasteiger partial charge in [-0.05, 0) is 54.2 Å². The topological polar surface area (TPSA) is 49.8 Å². The third-order valence-electron chi connectivity index (χ3n) is 5.89. The van der Waals surface area contributed by atoms with Crippen LogP contribution in [0, 0.1) is 5.92 Å². The average Bonchev–Trinajstić information content (AvgIpc) is 2.65. The fourth-order valence-electron chi connectivity index (χ4n) is 4.27. The molecule has 1 heterocycles. The molecule has 0 aromatic heterocycles. The molecule has 2 aromatic rings. The zero-order valence-corrected chi connectivity index (χ0v) is 16.9. The smallest absolute Gasteiger partial charge is 0.249 e. The molecular weight excluding hydrogens is 397 g/mol. The molecule has 28 heavy (non-hydrogen) atoms. The number of hydrogen-bond donors (Lipinski definition) is 1. The Labute approximate surface area is 175 Å². The van der Waals surface area contributed by atoms with E-state index in [-0.39, 0.29) is 37.3 Å². The van der Waals surface area contributed by atoms with Crippen LogP contribution in [0.25, 0.3) is 0 Å². The van der Waals surface area contributed by atoms with Crippen LogP contribution in [0.3, 0.4) is 0 Å². The minimum atomic E-state index is -0.369. The molecule has 1 aliphatic carbocycles. The van der Waals surface area contributed by atoms with Gasteiger partial charge < -0.3 is 14.7 Å². The highest BCUT2D eigenvalue weighted by atomic mass is 35.5. The second kappa shape index (κ2) is 8.42. The van der Waals surface area contributed by atoms with E-state index in [0.717, 1.165) is 30.4 Å². The number of hydrogen-bond acceptors (Lipinski definition) is 3. The van der Waals surface area contributed by atoms with E-state index in [2.05, 4.69) is 0 Å². The summed E-state index contributed by atoms with van der Waals surface area (Å²) in [6.07, 6.45) is 2.84. The fourth-order valence-corrected chi connectivity index (χ4v) is 4.59. The minimum absolute atomic E-state index is 0.00943. The van der Waals surface area contributed by atoms with Crippen LogP contribution in [-0.2, 0) is 9.53 Å². The Hall–Kier alpha value is -1.59. The number of amides is 1. The van der Waals surface area contributed by atoms with E-state index in [1.165, 1.54) is 0 Å². The van der Waals surface area contributed by atoms with Crippen molar-refractivity contribution < 1.29 is 14.6 Å². The summed E-state index contributed by atoms with van der Waals surface area (Å²) in [5, 5.41) is 11.4. The lowest BCUT2D eigenvalue weighted by Gasteiger charge is -2.49. The van der Waals surface area contributed by atoms with Crippen LogP contribution in [0.4, 0.5) is 0 Å². The second-order valence-corrected chi connectivity index (χ2v) is 8.40. The van der Waals surface area contributed by atoms with Crippen molar-refractivity contribution in [2.24, 2.45) is 5.92 Å². The molecule has 1 amide bonds. The van der Waals surface area contributed by atoms with Crippen LogP contribution in [0.5, 0.6) is 0 Å². The number of benzene rings is 2. The van der Waals surface area contributed by atoms with E-state index < -0.39 is 0 Å². The normalized spacial score (nSPS) is 24.1. The SMILES string of the molecule is O=C1CO[C@H](c2cccc(Cl)c2)[C@@H](c2ccc(Cl)cc2)N1[C@H](CO)C1CCC1. The summed E-state index contributed by atoms with van der Waals surface area (Å²) in [5.74, 6) is 0.228. The Morgan fingerprint density at radius 2 is 1.82 bits per heavy atom. The molecule has 0 spiro atoms. The molecule has 0 unspecified atom stereocenters. The van der Waals surface area contributed by atoms with Crippen molar-refractivity contribution in [3.8, 4) is 0 Å². The van der Waals surface area contributed by atoms with Gasteiger partial charge in [0.15, 0.2) is 0 Å². The summed E-state index contributed by atoms with van der Waals surface area (Å²) < 4.78 is 6.02. The Kier molecular flexibility index (Phi) is 5.93. The average molecular weight is 420 g/mol. The van der Waals surface area contributed by atoms with E-state index >= 15 is 0 Å². The molecule has 4 rings (SSSR count). The van der Waals surface area contributed by atoms with Crippen LogP contribution in [0.1, 0.15) is 42.5 Å². The predicted octanol–water partition coefficient (Wildman–Crippen LogP) is 4.80. The van der Waals surface area contributed by atoms with E-state index in [4.69, 9.17) is 27.9 Å². The first-order valence-electron chi connectivity index (χ1n) is 9.63. The molecule has 0 bridgehead atoms. The van der Waals surface area contributed by atoms with Crippen molar-refractivity contribution in [2.45, 2.75) is 37.5 Å². The van der Waals surface area contributed by atoms with Crippen molar-refractivity contribution in [3.05, 3.63) is 69.7 Å². The van der Waals surface area contributed by atoms with Gasteiger partial charge in [-0.2, -0.15) is 0 Å². The highest BCUT2D eigenvalue weighted by Gasteiger charge is 2.45. The Morgan fingerprint density at radius 1 is 1.07 bits per heavy atom. The monoisotopic (exact) mass is 419 g/mol. The molecule has 1 saturated carbocycles. The van der Waals surface area contributed by atoms with Gasteiger partial charge in [0.2, 0.25) is 5.91 Å². The second-order valence-electron chi connectivity index (χ2n) is 7.52. The molecule has 2 aromatic carbocycles. The molecule has 1 saturated heterocycles. The van der Waals surface area contributed by atoms with Crippen LogP contribution in [0.2, 0.25) is 10.0 Å². The van der Waals surface area contributed by atoms with Crippen molar-refractivity contribution in [1.82, 2.24) is 4.90 Å². The quantitative estimate of drug-likeness (QED) is 0.757. The van der Waals surface area contributed by atoms with Crippen molar-refractivity contribution in [3.63, 3.8) is 0 Å². The number of halogens is 2. The molecule has 1 N–H and O–H groups in total. The summed E-state index contributed by atoms with van der Waals surface area (Å²) >= 11 is 12.3. The number of aliphatic hydroxyl groups is 1. The van der Waals surface area contributed by atoms with Crippen molar-refractivity contribution in [1.29, 1.82) is 0 Å². The van der Waals surface area contributed by atoms with E-state index in [0.29, 0.717) is 16.0 Å². The maximum Gasteiger partial charge on any atom is 0.249 e. The lowest BCUT2D eigenvalue weighted by Crippen LogP contribution is -2.55. The molecule has 0 radical (unpaired) electrons. The molecule has 2 fully saturated rings. The number of morpholine rings is 1. The predicted molar refractivity (Wildman–Crippen MR) is 109 cm³/mol. The maximum atomic E-state index is 13.0. The summed E-state index contributed by atoms with van der Waals surface area (Å²) in [4.78, 5) is 14.8. The molecule has 6 heteroatoms. The number of carbonyl (C=O) groups excluding carboxylic acids is 1. The first kappa shape index (κ1) is 19.7. The van der Waals surface area contributed by atoms with Gasteiger partial charge in [-0.25, -0.2) is 0 Å². The zero-order valence-electron chi connectivity index (χ0n) is 15.4. The van der Waals surface area contributed by atoms with E-state index in [1.54, 1.807) is 0 Å². The number of nitrogens with zero attached hydrogens (tertiary/aromatic N) is 1. The minimum Gasteiger partial charge on any atom is -0.394 e. The largest absolute Gasteiger partial charge is 0.394 e. The lowest BCUT2D eigenvalue weighted by molar-refractivity contribution is -0.169. The molecule has 148 valence electrons. The fraction of sp³-hybridized carbons (Fsp3) is 0.409. The Balaban J connectivity index is 1.79. The molecular formula is C22H23Cl2NO3. The first-order valence-corrected chi connectivity index (χ1v) is 10.4. The Bertz CT molecular complexity index is 838. The number of rotatable bonds is 5. The highest BCUT2D eigenvalue weighted by Crippen LogP contribution is 2.45. The van der Waals surface area contributed by atoms with E-state index in [1.807, 2.05) is 53.4 Å². The summed E-state index contributed by atoms with van der Waals surface area (Å²) in [7, 11) is 0. The standard InChI is InChI=1S/C22H23Cl2NO3/c23-17-9-7-15(8-10-17)21-22(16-5-2-6-18(24)11-16)28-13-20(27)25(21)19(12-26)14-3-1-4-14/h2,5-11,14,19,21-22,26H,1,3-4,12-13H2/t19-,21-,22-/m1/s1. The molecule has 3 atom stereocenters. The maximum absolute atomic E-state index is 13.0. The van der Waals surface area contributed by atoms with Gasteiger partial charge in [-0.3, -0.25) is 4.79 Å². The third-order valence-corrected chi connectivity index (χ3v) is 6.37. The van der Waals surface area contributed by atoms with E-state index in [9.17, 15) is 9.90 Å². The molecule has 2 aliphatic rings. The van der Waals surface area contributed by atoms with Crippen LogP contribution in [0.15, 0.2) is 48.5 Å². The van der Waals surface area contributed by atoms with Crippen molar-refractivity contribution in [2.75, 3.05) is 13.2 Å². The summed E-state index contributed by atoms with van der Waals surface area (Å²) in [6.45, 7) is -0.0622. The van der Waals surface area contributed by atoms with Gasteiger partial charge in [0.25, 0.3) is 0 Å². The van der Waals surface area contributed by atoms with Gasteiger partial charge in [0.1, 0.15) is 12.7 Å². The van der Waals surface area contributed by atoms with Crippen molar-refractivity contribution >= 4 is 29.1 Å². The number of ether oxygens (including phenoxy) is 1. The molecule has 4 nitrogen and oxygen atoms in total. The zero-order chi connectivity index (χ0) is 19.7. The van der Waals surface area contributed by atoms with Crippen LogP contribution < -0.4 is 0 Å². The van der Waals surface area contributed by atoms with Crippen LogP contribution in [-0.4, -0.2) is 35.2 Å². The third kappa shape index (κ3) is 3.79. The molecule has 1 aliphatic heterocycles. The lowest BCUT2D eigenvalue weighted by atomic mass is 9.78. The first-order chi connectivity index (χ1) is 13.6. The summed E-state index contributed by atoms with van der Waals surface area (Å²) in [6, 6.07) is 14.5. The van der Waals surface area contributed by atoms with Crippen LogP contribution >= 0.6 is 23.2 Å². The van der Waals surface area contributed by atoms with Gasteiger partial charge in [0.05, 0.1) is 18.7 Å². The number of aliphatic hydroxyl groups excluding tert-OH is 1. The van der Waals surface area contributed by atoms with Gasteiger partial charge in [0, 0.05) is 10.0 Å². The van der Waals surface area contributed by atoms with Gasteiger partial charge >= 0.3 is 0 Å². The summed E-state index contributed by atoms with van der Waals surface area (Å²) in [5.41, 5.74) is 1.84. The van der Waals surface area contributed by atoms with Gasteiger partial charge in [-0.15, -0.1) is 0 Å².